The van der Waals surface area contributed by atoms with Gasteiger partial charge in [-0.1, -0.05) is 0 Å². The zero-order valence-corrected chi connectivity index (χ0v) is 14.2. The van der Waals surface area contributed by atoms with Gasteiger partial charge in [0, 0.05) is 30.9 Å². The van der Waals surface area contributed by atoms with E-state index < -0.39 is 0 Å². The van der Waals surface area contributed by atoms with Crippen LogP contribution in [0.1, 0.15) is 50.9 Å². The van der Waals surface area contributed by atoms with E-state index in [0.717, 1.165) is 6.54 Å². The quantitative estimate of drug-likeness (QED) is 0.834. The fraction of sp³-hybridized carbons (Fsp3) is 0.812. The lowest BCUT2D eigenvalue weighted by Gasteiger charge is -2.50. The van der Waals surface area contributed by atoms with Gasteiger partial charge >= 0.3 is 0 Å². The second-order valence-electron chi connectivity index (χ2n) is 6.96. The summed E-state index contributed by atoms with van der Waals surface area (Å²) in [6, 6.07) is 0.642. The molecule has 1 unspecified atom stereocenters. The summed E-state index contributed by atoms with van der Waals surface area (Å²) in [5, 5.41) is 0. The Hall–Kier alpha value is -0.910. The third-order valence-corrected chi connectivity index (χ3v) is 5.13. The first-order valence-electron chi connectivity index (χ1n) is 8.01. The maximum Gasteiger partial charge on any atom is 0.0951 e. The van der Waals surface area contributed by atoms with Crippen LogP contribution in [0.15, 0.2) is 12.5 Å². The molecule has 0 aromatic carbocycles. The molecule has 1 heterocycles. The van der Waals surface area contributed by atoms with Crippen molar-refractivity contribution in [3.8, 4) is 0 Å². The Bertz CT molecular complexity index is 447. The molecule has 0 spiro atoms. The number of hydrogen-bond donors (Lipinski definition) is 1. The van der Waals surface area contributed by atoms with Crippen molar-refractivity contribution in [1.82, 2.24) is 19.4 Å². The molecule has 0 radical (unpaired) electrons. The summed E-state index contributed by atoms with van der Waals surface area (Å²) in [4.78, 5) is 9.13. The second kappa shape index (κ2) is 6.46. The van der Waals surface area contributed by atoms with Gasteiger partial charge in [-0.25, -0.2) is 4.98 Å². The van der Waals surface area contributed by atoms with Gasteiger partial charge in [-0.15, -0.1) is 0 Å². The van der Waals surface area contributed by atoms with Crippen molar-refractivity contribution in [2.45, 2.75) is 50.7 Å². The fourth-order valence-electron chi connectivity index (χ4n) is 3.44. The fourth-order valence-corrected chi connectivity index (χ4v) is 3.44. The van der Waals surface area contributed by atoms with E-state index in [2.05, 4.69) is 54.3 Å². The minimum atomic E-state index is 0.229. The van der Waals surface area contributed by atoms with E-state index in [0.29, 0.717) is 18.1 Å². The summed E-state index contributed by atoms with van der Waals surface area (Å²) in [7, 11) is 6.59. The van der Waals surface area contributed by atoms with Crippen molar-refractivity contribution >= 4 is 0 Å². The van der Waals surface area contributed by atoms with Gasteiger partial charge in [0.15, 0.2) is 0 Å². The number of nitrogens with two attached hydrogens (primary N) is 1. The molecule has 1 fully saturated rings. The van der Waals surface area contributed by atoms with Crippen LogP contribution in [-0.4, -0.2) is 59.1 Å². The summed E-state index contributed by atoms with van der Waals surface area (Å²) in [6.07, 6.45) is 7.79. The zero-order valence-electron chi connectivity index (χ0n) is 14.2. The molecule has 120 valence electrons. The lowest BCUT2D eigenvalue weighted by atomic mass is 9.75. The summed E-state index contributed by atoms with van der Waals surface area (Å²) in [5.41, 5.74) is 7.64. The van der Waals surface area contributed by atoms with E-state index >= 15 is 0 Å². The minimum absolute atomic E-state index is 0.229. The first-order chi connectivity index (χ1) is 9.91. The predicted octanol–water partition coefficient (Wildman–Crippen LogP) is 1.88. The van der Waals surface area contributed by atoms with E-state index in [9.17, 15) is 0 Å². The normalized spacial score (nSPS) is 19.3. The van der Waals surface area contributed by atoms with Crippen LogP contribution in [0.25, 0.3) is 0 Å². The molecule has 5 heteroatoms. The van der Waals surface area contributed by atoms with Gasteiger partial charge in [-0.2, -0.15) is 0 Å². The number of nitrogens with zero attached hydrogens (tertiary/aromatic N) is 4. The lowest BCUT2D eigenvalue weighted by molar-refractivity contribution is 0.0158. The largest absolute Gasteiger partial charge is 0.331 e. The number of hydrogen-bond acceptors (Lipinski definition) is 4. The second-order valence-corrected chi connectivity index (χ2v) is 6.96. The van der Waals surface area contributed by atoms with Crippen LogP contribution in [-0.2, 0) is 0 Å². The van der Waals surface area contributed by atoms with Crippen molar-refractivity contribution in [2.24, 2.45) is 5.73 Å². The number of likely N-dealkylation sites (N-methyl/N-ethyl adjacent to an activating group) is 2. The summed E-state index contributed by atoms with van der Waals surface area (Å²) in [5.74, 6) is 0. The van der Waals surface area contributed by atoms with E-state index in [4.69, 9.17) is 5.73 Å². The maximum atomic E-state index is 6.09. The van der Waals surface area contributed by atoms with Gasteiger partial charge in [0.05, 0.1) is 18.1 Å². The van der Waals surface area contributed by atoms with Crippen LogP contribution in [0.2, 0.25) is 0 Å². The molecule has 1 saturated carbocycles. The molecule has 1 aliphatic rings. The van der Waals surface area contributed by atoms with Crippen molar-refractivity contribution in [2.75, 3.05) is 34.2 Å². The Labute approximate surface area is 129 Å². The maximum absolute atomic E-state index is 6.09. The monoisotopic (exact) mass is 293 g/mol. The predicted molar refractivity (Wildman–Crippen MR) is 87.3 cm³/mol. The highest BCUT2D eigenvalue weighted by molar-refractivity contribution is 5.09. The molecule has 21 heavy (non-hydrogen) atoms. The summed E-state index contributed by atoms with van der Waals surface area (Å²) < 4.78 is 2.23. The third-order valence-electron chi connectivity index (χ3n) is 5.13. The molecule has 2 rings (SSSR count). The number of imidazole rings is 1. The topological polar surface area (TPSA) is 50.3 Å². The van der Waals surface area contributed by atoms with Crippen LogP contribution in [0.4, 0.5) is 0 Å². The standard InChI is InChI=1S/C16H31N5/c1-13(2)21-12-18-10-15(21)14(9-17)20(5)11-16(19(3)4)7-6-8-16/h10,12-14H,6-9,11,17H2,1-5H3. The van der Waals surface area contributed by atoms with Gasteiger partial charge < -0.3 is 15.2 Å². The summed E-state index contributed by atoms with van der Waals surface area (Å²) >= 11 is 0. The van der Waals surface area contributed by atoms with E-state index in [1.54, 1.807) is 0 Å². The highest BCUT2D eigenvalue weighted by Gasteiger charge is 2.41. The van der Waals surface area contributed by atoms with Gasteiger partial charge in [-0.05, 0) is 54.3 Å². The van der Waals surface area contributed by atoms with Gasteiger partial charge in [0.1, 0.15) is 0 Å². The first kappa shape index (κ1) is 16.5. The minimum Gasteiger partial charge on any atom is -0.331 e. The molecule has 2 N–H and O–H groups in total. The molecular formula is C16H31N5. The van der Waals surface area contributed by atoms with Crippen molar-refractivity contribution in [1.29, 1.82) is 0 Å². The molecule has 5 nitrogen and oxygen atoms in total. The van der Waals surface area contributed by atoms with Gasteiger partial charge in [0.2, 0.25) is 0 Å². The molecule has 0 bridgehead atoms. The molecule has 0 amide bonds. The van der Waals surface area contributed by atoms with Crippen LogP contribution in [0, 0.1) is 0 Å². The zero-order chi connectivity index (χ0) is 15.6. The van der Waals surface area contributed by atoms with Crippen LogP contribution in [0.3, 0.4) is 0 Å². The molecule has 1 atom stereocenters. The smallest absolute Gasteiger partial charge is 0.0951 e. The summed E-state index contributed by atoms with van der Waals surface area (Å²) in [6.45, 7) is 6.06. The molecule has 1 aliphatic carbocycles. The number of rotatable bonds is 7. The molecular weight excluding hydrogens is 262 g/mol. The molecule has 0 saturated heterocycles. The Balaban J connectivity index is 2.15. The molecule has 1 aromatic rings. The number of aromatic nitrogens is 2. The Kier molecular flexibility index (Phi) is 5.07. The molecule has 1 aromatic heterocycles. The molecule has 0 aliphatic heterocycles. The SMILES string of the molecule is CC(C)n1cncc1C(CN)N(C)CC1(N(C)C)CCC1. The van der Waals surface area contributed by atoms with E-state index in [1.807, 2.05) is 12.5 Å². The lowest BCUT2D eigenvalue weighted by Crippen LogP contribution is -2.57. The average molecular weight is 293 g/mol. The third kappa shape index (κ3) is 3.15. The van der Waals surface area contributed by atoms with Crippen molar-refractivity contribution in [3.05, 3.63) is 18.2 Å². The van der Waals surface area contributed by atoms with E-state index in [-0.39, 0.29) is 6.04 Å². The van der Waals surface area contributed by atoms with Gasteiger partial charge in [0.25, 0.3) is 0 Å². The highest BCUT2D eigenvalue weighted by atomic mass is 15.3. The van der Waals surface area contributed by atoms with Gasteiger partial charge in [-0.3, -0.25) is 4.90 Å². The Morgan fingerprint density at radius 3 is 2.43 bits per heavy atom. The first-order valence-corrected chi connectivity index (χ1v) is 8.01. The average Bonchev–Trinajstić information content (AvgIpc) is 2.83. The van der Waals surface area contributed by atoms with Crippen LogP contribution in [0.5, 0.6) is 0 Å². The highest BCUT2D eigenvalue weighted by Crippen LogP contribution is 2.38. The van der Waals surface area contributed by atoms with Crippen LogP contribution >= 0.6 is 0 Å². The van der Waals surface area contributed by atoms with Crippen molar-refractivity contribution in [3.63, 3.8) is 0 Å². The van der Waals surface area contributed by atoms with E-state index in [1.165, 1.54) is 25.0 Å². The van der Waals surface area contributed by atoms with Crippen LogP contribution < -0.4 is 5.73 Å². The Morgan fingerprint density at radius 2 is 2.00 bits per heavy atom. The Morgan fingerprint density at radius 1 is 1.33 bits per heavy atom. The van der Waals surface area contributed by atoms with Crippen molar-refractivity contribution < 1.29 is 0 Å².